The molecule has 18 heavy (non-hydrogen) atoms. The maximum Gasteiger partial charge on any atom is 0.151 e. The van der Waals surface area contributed by atoms with E-state index in [1.54, 1.807) is 0 Å². The van der Waals surface area contributed by atoms with Crippen LogP contribution < -0.4 is 10.6 Å². The van der Waals surface area contributed by atoms with E-state index in [9.17, 15) is 0 Å². The molecule has 0 amide bonds. The van der Waals surface area contributed by atoms with E-state index in [-0.39, 0.29) is 0 Å². The molecule has 1 aromatic heterocycles. The maximum absolute atomic E-state index is 5.62. The number of hydrogen-bond donors (Lipinski definition) is 1. The van der Waals surface area contributed by atoms with E-state index in [0.717, 1.165) is 37.8 Å². The smallest absolute Gasteiger partial charge is 0.151 e. The lowest BCUT2D eigenvalue weighted by Gasteiger charge is -2.24. The molecule has 1 aliphatic carbocycles. The predicted molar refractivity (Wildman–Crippen MR) is 72.6 cm³/mol. The first-order valence-electron chi connectivity index (χ1n) is 7.15. The molecule has 1 atom stereocenters. The number of nitrogens with zero attached hydrogens (tertiary/aromatic N) is 3. The van der Waals surface area contributed by atoms with Crippen LogP contribution in [0.4, 0.5) is 5.82 Å². The summed E-state index contributed by atoms with van der Waals surface area (Å²) in [6.45, 7) is 2.99. The number of anilines is 1. The van der Waals surface area contributed by atoms with Gasteiger partial charge in [-0.15, -0.1) is 5.10 Å². The van der Waals surface area contributed by atoms with E-state index in [1.165, 1.54) is 31.4 Å². The fraction of sp³-hybridized carbons (Fsp3) is 0.714. The van der Waals surface area contributed by atoms with Crippen LogP contribution in [0.2, 0.25) is 0 Å². The molecule has 2 heterocycles. The van der Waals surface area contributed by atoms with Crippen molar-refractivity contribution in [3.63, 3.8) is 0 Å². The molecule has 4 nitrogen and oxygen atoms in total. The van der Waals surface area contributed by atoms with Crippen LogP contribution in [0.5, 0.6) is 0 Å². The normalized spacial score (nSPS) is 24.3. The first-order valence-corrected chi connectivity index (χ1v) is 7.15. The monoisotopic (exact) mass is 246 g/mol. The van der Waals surface area contributed by atoms with Crippen molar-refractivity contribution in [2.75, 3.05) is 24.5 Å². The molecule has 0 bridgehead atoms. The first-order chi connectivity index (χ1) is 8.86. The fourth-order valence-electron chi connectivity index (χ4n) is 2.94. The van der Waals surface area contributed by atoms with Gasteiger partial charge in [0.25, 0.3) is 0 Å². The minimum absolute atomic E-state index is 0.676. The molecule has 1 saturated carbocycles. The van der Waals surface area contributed by atoms with Crippen molar-refractivity contribution in [1.82, 2.24) is 10.2 Å². The average Bonchev–Trinajstić information content (AvgIpc) is 2.77. The Morgan fingerprint density at radius 1 is 1.22 bits per heavy atom. The summed E-state index contributed by atoms with van der Waals surface area (Å²) >= 11 is 0. The Hall–Kier alpha value is -1.16. The third kappa shape index (κ3) is 2.34. The predicted octanol–water partition coefficient (Wildman–Crippen LogP) is 1.92. The second-order valence-electron chi connectivity index (χ2n) is 5.62. The topological polar surface area (TPSA) is 55.0 Å². The van der Waals surface area contributed by atoms with Crippen molar-refractivity contribution < 1.29 is 0 Å². The van der Waals surface area contributed by atoms with Gasteiger partial charge in [-0.3, -0.25) is 0 Å². The lowest BCUT2D eigenvalue weighted by molar-refractivity contribution is 0.408. The summed E-state index contributed by atoms with van der Waals surface area (Å²) in [5, 5.41) is 8.80. The van der Waals surface area contributed by atoms with Gasteiger partial charge in [0, 0.05) is 19.0 Å². The van der Waals surface area contributed by atoms with Gasteiger partial charge in [0.05, 0.1) is 5.69 Å². The highest BCUT2D eigenvalue weighted by Crippen LogP contribution is 2.35. The molecule has 1 aromatic rings. The highest BCUT2D eigenvalue weighted by molar-refractivity contribution is 5.39. The molecule has 1 saturated heterocycles. The van der Waals surface area contributed by atoms with Crippen LogP contribution in [0, 0.1) is 5.92 Å². The summed E-state index contributed by atoms with van der Waals surface area (Å²) in [6, 6.07) is 4.31. The van der Waals surface area contributed by atoms with Crippen molar-refractivity contribution in [3.05, 3.63) is 17.8 Å². The summed E-state index contributed by atoms with van der Waals surface area (Å²) in [5.41, 5.74) is 6.80. The van der Waals surface area contributed by atoms with Crippen molar-refractivity contribution in [1.29, 1.82) is 0 Å². The van der Waals surface area contributed by atoms with Gasteiger partial charge < -0.3 is 10.6 Å². The molecule has 98 valence electrons. The van der Waals surface area contributed by atoms with Gasteiger partial charge in [0.15, 0.2) is 5.82 Å². The van der Waals surface area contributed by atoms with Crippen molar-refractivity contribution in [3.8, 4) is 0 Å². The van der Waals surface area contributed by atoms with Gasteiger partial charge in [0.1, 0.15) is 0 Å². The largest absolute Gasteiger partial charge is 0.355 e. The summed E-state index contributed by atoms with van der Waals surface area (Å²) in [5.74, 6) is 2.45. The fourth-order valence-corrected chi connectivity index (χ4v) is 2.94. The molecule has 2 N–H and O–H groups in total. The zero-order valence-electron chi connectivity index (χ0n) is 10.9. The van der Waals surface area contributed by atoms with E-state index in [2.05, 4.69) is 27.2 Å². The van der Waals surface area contributed by atoms with Crippen LogP contribution in [0.1, 0.15) is 43.7 Å². The van der Waals surface area contributed by atoms with Crippen LogP contribution in [-0.4, -0.2) is 29.8 Å². The Bertz CT molecular complexity index is 385. The van der Waals surface area contributed by atoms with Crippen LogP contribution in [0.15, 0.2) is 12.1 Å². The summed E-state index contributed by atoms with van der Waals surface area (Å²) in [6.07, 6.45) is 6.29. The maximum atomic E-state index is 5.62. The molecule has 2 aliphatic rings. The highest BCUT2D eigenvalue weighted by Gasteiger charge is 2.24. The second-order valence-corrected chi connectivity index (χ2v) is 5.62. The van der Waals surface area contributed by atoms with E-state index in [0.29, 0.717) is 5.92 Å². The molecule has 0 spiro atoms. The van der Waals surface area contributed by atoms with E-state index < -0.39 is 0 Å². The van der Waals surface area contributed by atoms with E-state index in [4.69, 9.17) is 5.73 Å². The van der Waals surface area contributed by atoms with E-state index in [1.807, 2.05) is 0 Å². The zero-order chi connectivity index (χ0) is 12.4. The molecule has 0 radical (unpaired) electrons. The van der Waals surface area contributed by atoms with Gasteiger partial charge in [-0.2, -0.15) is 5.10 Å². The van der Waals surface area contributed by atoms with Crippen LogP contribution >= 0.6 is 0 Å². The number of nitrogens with two attached hydrogens (primary N) is 1. The first kappa shape index (κ1) is 11.9. The van der Waals surface area contributed by atoms with Gasteiger partial charge >= 0.3 is 0 Å². The van der Waals surface area contributed by atoms with Crippen molar-refractivity contribution in [2.45, 2.75) is 38.0 Å². The van der Waals surface area contributed by atoms with Gasteiger partial charge in [0.2, 0.25) is 0 Å². The summed E-state index contributed by atoms with van der Waals surface area (Å²) < 4.78 is 0. The molecular formula is C14H22N4. The molecule has 2 fully saturated rings. The molecule has 1 unspecified atom stereocenters. The minimum Gasteiger partial charge on any atom is -0.355 e. The Labute approximate surface area is 109 Å². The quantitative estimate of drug-likeness (QED) is 0.882. The average molecular weight is 246 g/mol. The molecule has 4 heteroatoms. The molecular weight excluding hydrogens is 224 g/mol. The van der Waals surface area contributed by atoms with Crippen LogP contribution in [-0.2, 0) is 0 Å². The Morgan fingerprint density at radius 3 is 2.72 bits per heavy atom. The van der Waals surface area contributed by atoms with Gasteiger partial charge in [-0.25, -0.2) is 0 Å². The van der Waals surface area contributed by atoms with Gasteiger partial charge in [-0.05, 0) is 50.3 Å². The second kappa shape index (κ2) is 5.22. The summed E-state index contributed by atoms with van der Waals surface area (Å²) in [7, 11) is 0. The molecule has 0 aromatic carbocycles. The van der Waals surface area contributed by atoms with Crippen molar-refractivity contribution >= 4 is 5.82 Å². The minimum atomic E-state index is 0.676. The van der Waals surface area contributed by atoms with Crippen molar-refractivity contribution in [2.24, 2.45) is 11.7 Å². The number of hydrogen-bond acceptors (Lipinski definition) is 4. The number of rotatable bonds is 4. The Morgan fingerprint density at radius 2 is 2.11 bits per heavy atom. The zero-order valence-corrected chi connectivity index (χ0v) is 10.9. The van der Waals surface area contributed by atoms with Crippen LogP contribution in [0.3, 0.4) is 0 Å². The lowest BCUT2D eigenvalue weighted by Crippen LogP contribution is -2.22. The highest BCUT2D eigenvalue weighted by atomic mass is 15.3. The SMILES string of the molecule is NCCC1CCN(c2ccc(C3CCC3)nn2)C1. The molecule has 1 aliphatic heterocycles. The Balaban J connectivity index is 1.62. The lowest BCUT2D eigenvalue weighted by atomic mass is 9.83. The van der Waals surface area contributed by atoms with Crippen LogP contribution in [0.25, 0.3) is 0 Å². The third-order valence-electron chi connectivity index (χ3n) is 4.38. The van der Waals surface area contributed by atoms with E-state index >= 15 is 0 Å². The standard InChI is InChI=1S/C14H22N4/c15-8-6-11-7-9-18(10-11)14-5-4-13(16-17-14)12-2-1-3-12/h4-5,11-12H,1-3,6-10,15H2. The van der Waals surface area contributed by atoms with Gasteiger partial charge in [-0.1, -0.05) is 6.42 Å². The number of aromatic nitrogens is 2. The summed E-state index contributed by atoms with van der Waals surface area (Å²) in [4.78, 5) is 2.35. The third-order valence-corrected chi connectivity index (χ3v) is 4.38. The Kier molecular flexibility index (Phi) is 3.46. The molecule has 3 rings (SSSR count).